The first kappa shape index (κ1) is 20.1. The SMILES string of the molecule is C=C(c1ncc(-c2cc3ccncc3cc2O)nn1)[C@H]1CC=C[C@@](C)(CCC)[C@@H]1F. The molecule has 0 unspecified atom stereocenters. The van der Waals surface area contributed by atoms with Gasteiger partial charge >= 0.3 is 0 Å². The van der Waals surface area contributed by atoms with Crippen LogP contribution in [0.5, 0.6) is 5.75 Å². The summed E-state index contributed by atoms with van der Waals surface area (Å²) in [6.45, 7) is 8.11. The molecule has 0 radical (unpaired) electrons. The number of pyridine rings is 1. The Bertz CT molecular complexity index is 1110. The standard InChI is InChI=1S/C24H25FN4O/c1-4-8-24(3)9-5-6-18(22(24)25)15(2)23-27-14-20(28-29-23)19-11-16-7-10-26-13-17(16)12-21(19)30/h5,7,9-14,18,22,30H,2,4,6,8H2,1,3H3/t18-,22-,24-/m1/s1. The zero-order valence-electron chi connectivity index (χ0n) is 17.2. The molecule has 2 aromatic heterocycles. The van der Waals surface area contributed by atoms with Crippen LogP contribution in [0.4, 0.5) is 4.39 Å². The highest BCUT2D eigenvalue weighted by molar-refractivity contribution is 5.89. The van der Waals surface area contributed by atoms with Crippen LogP contribution in [0.1, 0.15) is 38.9 Å². The Morgan fingerprint density at radius 1 is 1.27 bits per heavy atom. The van der Waals surface area contributed by atoms with Crippen LogP contribution in [0.15, 0.2) is 55.5 Å². The normalized spacial score (nSPS) is 23.6. The number of allylic oxidation sites excluding steroid dienone is 3. The van der Waals surface area contributed by atoms with Crippen molar-refractivity contribution < 1.29 is 9.50 Å². The van der Waals surface area contributed by atoms with E-state index >= 15 is 4.39 Å². The Labute approximate surface area is 175 Å². The summed E-state index contributed by atoms with van der Waals surface area (Å²) < 4.78 is 15.3. The number of aromatic nitrogens is 4. The van der Waals surface area contributed by atoms with Gasteiger partial charge in [-0.05, 0) is 42.0 Å². The summed E-state index contributed by atoms with van der Waals surface area (Å²) in [6, 6.07) is 5.33. The molecule has 1 aliphatic carbocycles. The molecule has 1 N–H and O–H groups in total. The van der Waals surface area contributed by atoms with Gasteiger partial charge in [-0.1, -0.05) is 39.0 Å². The number of aromatic hydroxyl groups is 1. The summed E-state index contributed by atoms with van der Waals surface area (Å²) in [6.07, 6.45) is 10.2. The Kier molecular flexibility index (Phi) is 5.33. The average molecular weight is 404 g/mol. The molecule has 3 atom stereocenters. The van der Waals surface area contributed by atoms with Crippen molar-refractivity contribution in [2.75, 3.05) is 0 Å². The summed E-state index contributed by atoms with van der Waals surface area (Å²) in [5, 5.41) is 20.6. The second-order valence-electron chi connectivity index (χ2n) is 8.19. The minimum Gasteiger partial charge on any atom is -0.507 e. The van der Waals surface area contributed by atoms with Gasteiger partial charge in [0.05, 0.1) is 6.20 Å². The van der Waals surface area contributed by atoms with E-state index in [0.29, 0.717) is 29.1 Å². The molecular weight excluding hydrogens is 379 g/mol. The fourth-order valence-corrected chi connectivity index (χ4v) is 4.27. The van der Waals surface area contributed by atoms with E-state index in [1.54, 1.807) is 24.7 Å². The number of nitrogens with zero attached hydrogens (tertiary/aromatic N) is 4. The number of halogens is 1. The van der Waals surface area contributed by atoms with E-state index in [-0.39, 0.29) is 11.7 Å². The van der Waals surface area contributed by atoms with Crippen molar-refractivity contribution in [3.63, 3.8) is 0 Å². The monoisotopic (exact) mass is 404 g/mol. The molecule has 154 valence electrons. The maximum atomic E-state index is 15.3. The van der Waals surface area contributed by atoms with Crippen molar-refractivity contribution in [2.45, 2.75) is 39.3 Å². The number of hydrogen-bond donors (Lipinski definition) is 1. The molecule has 0 bridgehead atoms. The van der Waals surface area contributed by atoms with Gasteiger partial charge in [0.1, 0.15) is 17.6 Å². The van der Waals surface area contributed by atoms with Crippen LogP contribution in [-0.4, -0.2) is 31.4 Å². The summed E-state index contributed by atoms with van der Waals surface area (Å²) in [4.78, 5) is 8.46. The largest absolute Gasteiger partial charge is 0.507 e. The number of hydrogen-bond acceptors (Lipinski definition) is 5. The molecule has 0 amide bonds. The molecule has 0 saturated heterocycles. The number of fused-ring (bicyclic) bond motifs is 1. The lowest BCUT2D eigenvalue weighted by atomic mass is 9.69. The van der Waals surface area contributed by atoms with Gasteiger partial charge in [-0.3, -0.25) is 4.98 Å². The summed E-state index contributed by atoms with van der Waals surface area (Å²) in [7, 11) is 0. The van der Waals surface area contributed by atoms with Gasteiger partial charge in [-0.25, -0.2) is 9.37 Å². The highest BCUT2D eigenvalue weighted by Gasteiger charge is 2.41. The lowest BCUT2D eigenvalue weighted by molar-refractivity contribution is 0.113. The highest BCUT2D eigenvalue weighted by Crippen LogP contribution is 2.44. The van der Waals surface area contributed by atoms with Crippen molar-refractivity contribution in [1.29, 1.82) is 0 Å². The van der Waals surface area contributed by atoms with Crippen molar-refractivity contribution in [1.82, 2.24) is 20.2 Å². The van der Waals surface area contributed by atoms with E-state index in [1.807, 2.05) is 31.2 Å². The van der Waals surface area contributed by atoms with Gasteiger partial charge in [0.25, 0.3) is 0 Å². The smallest absolute Gasteiger partial charge is 0.177 e. The van der Waals surface area contributed by atoms with Crippen LogP contribution in [0.2, 0.25) is 0 Å². The Hall–Kier alpha value is -3.15. The Morgan fingerprint density at radius 2 is 2.10 bits per heavy atom. The third-order valence-electron chi connectivity index (χ3n) is 5.99. The van der Waals surface area contributed by atoms with E-state index in [2.05, 4.69) is 33.7 Å². The van der Waals surface area contributed by atoms with Gasteiger partial charge < -0.3 is 5.11 Å². The summed E-state index contributed by atoms with van der Waals surface area (Å²) in [5.74, 6) is 0.0422. The lowest BCUT2D eigenvalue weighted by Crippen LogP contribution is -2.36. The van der Waals surface area contributed by atoms with E-state index in [0.717, 1.165) is 23.6 Å². The van der Waals surface area contributed by atoms with E-state index in [9.17, 15) is 5.11 Å². The van der Waals surface area contributed by atoms with Crippen molar-refractivity contribution >= 4 is 16.3 Å². The molecule has 1 aliphatic rings. The first-order valence-corrected chi connectivity index (χ1v) is 10.2. The van der Waals surface area contributed by atoms with Gasteiger partial charge in [0.15, 0.2) is 5.82 Å². The molecule has 1 aromatic carbocycles. The molecule has 0 aliphatic heterocycles. The molecule has 2 heterocycles. The van der Waals surface area contributed by atoms with Crippen LogP contribution in [-0.2, 0) is 0 Å². The number of phenolic OH excluding ortho intramolecular Hbond substituents is 1. The molecular formula is C24H25FN4O. The molecule has 4 rings (SSSR count). The van der Waals surface area contributed by atoms with Crippen LogP contribution >= 0.6 is 0 Å². The number of alkyl halides is 1. The number of benzene rings is 1. The molecule has 5 nitrogen and oxygen atoms in total. The topological polar surface area (TPSA) is 71.8 Å². The summed E-state index contributed by atoms with van der Waals surface area (Å²) in [5.41, 5.74) is 1.03. The number of phenols is 1. The second kappa shape index (κ2) is 7.94. The maximum Gasteiger partial charge on any atom is 0.177 e. The van der Waals surface area contributed by atoms with Crippen LogP contribution < -0.4 is 0 Å². The second-order valence-corrected chi connectivity index (χ2v) is 8.19. The minimum absolute atomic E-state index is 0.0785. The van der Waals surface area contributed by atoms with Gasteiger partial charge in [0, 0.05) is 34.7 Å². The van der Waals surface area contributed by atoms with E-state index < -0.39 is 11.6 Å². The summed E-state index contributed by atoms with van der Waals surface area (Å²) >= 11 is 0. The number of rotatable bonds is 5. The predicted octanol–water partition coefficient (Wildman–Crippen LogP) is 5.53. The Morgan fingerprint density at radius 3 is 2.83 bits per heavy atom. The molecule has 3 aromatic rings. The predicted molar refractivity (Wildman–Crippen MR) is 116 cm³/mol. The van der Waals surface area contributed by atoms with E-state index in [4.69, 9.17) is 0 Å². The molecule has 0 saturated carbocycles. The first-order valence-electron chi connectivity index (χ1n) is 10.2. The maximum absolute atomic E-state index is 15.3. The van der Waals surface area contributed by atoms with Gasteiger partial charge in [-0.15, -0.1) is 10.2 Å². The third kappa shape index (κ3) is 3.58. The minimum atomic E-state index is -1.05. The third-order valence-corrected chi connectivity index (χ3v) is 5.99. The van der Waals surface area contributed by atoms with Crippen molar-refractivity contribution in [3.8, 4) is 17.0 Å². The van der Waals surface area contributed by atoms with Crippen molar-refractivity contribution in [3.05, 3.63) is 61.3 Å². The fourth-order valence-electron chi connectivity index (χ4n) is 4.27. The van der Waals surface area contributed by atoms with Crippen LogP contribution in [0.25, 0.3) is 27.6 Å². The zero-order chi connectivity index (χ0) is 21.3. The quantitative estimate of drug-likeness (QED) is 0.567. The first-order chi connectivity index (χ1) is 14.4. The van der Waals surface area contributed by atoms with Crippen molar-refractivity contribution in [2.24, 2.45) is 11.3 Å². The van der Waals surface area contributed by atoms with Gasteiger partial charge in [0.2, 0.25) is 0 Å². The average Bonchev–Trinajstić information content (AvgIpc) is 2.75. The molecule has 0 fully saturated rings. The zero-order valence-corrected chi connectivity index (χ0v) is 17.2. The van der Waals surface area contributed by atoms with Crippen LogP contribution in [0, 0.1) is 11.3 Å². The van der Waals surface area contributed by atoms with Gasteiger partial charge in [-0.2, -0.15) is 0 Å². The molecule has 30 heavy (non-hydrogen) atoms. The van der Waals surface area contributed by atoms with E-state index in [1.165, 1.54) is 0 Å². The lowest BCUT2D eigenvalue weighted by Gasteiger charge is -2.38. The molecule has 6 heteroatoms. The molecule has 0 spiro atoms. The van der Waals surface area contributed by atoms with Crippen LogP contribution in [0.3, 0.4) is 0 Å². The fraction of sp³-hybridized carbons (Fsp3) is 0.333. The highest BCUT2D eigenvalue weighted by atomic mass is 19.1. The Balaban J connectivity index is 1.60.